The number of nitrogens with one attached hydrogen (secondary N) is 1. The van der Waals surface area contributed by atoms with E-state index >= 15 is 0 Å². The van der Waals surface area contributed by atoms with Crippen LogP contribution in [0.3, 0.4) is 0 Å². The van der Waals surface area contributed by atoms with E-state index in [9.17, 15) is 0 Å². The number of methoxy groups -OCH3 is 1. The first-order valence-corrected chi connectivity index (χ1v) is 6.36. The van der Waals surface area contributed by atoms with E-state index in [1.165, 1.54) is 45.1 Å². The quantitative estimate of drug-likeness (QED) is 0.656. The van der Waals surface area contributed by atoms with Crippen molar-refractivity contribution in [1.82, 2.24) is 5.32 Å². The number of ether oxygens (including phenoxy) is 1. The molecule has 0 amide bonds. The van der Waals surface area contributed by atoms with Crippen LogP contribution in [0.15, 0.2) is 0 Å². The summed E-state index contributed by atoms with van der Waals surface area (Å²) < 4.78 is 5.03. The molecule has 0 aromatic heterocycles. The summed E-state index contributed by atoms with van der Waals surface area (Å²) in [6.45, 7) is 6.86. The van der Waals surface area contributed by atoms with Crippen LogP contribution in [-0.2, 0) is 4.74 Å². The highest BCUT2D eigenvalue weighted by molar-refractivity contribution is 4.86. The molecule has 1 fully saturated rings. The van der Waals surface area contributed by atoms with Gasteiger partial charge in [-0.2, -0.15) is 0 Å². The molecule has 90 valence electrons. The van der Waals surface area contributed by atoms with Crippen LogP contribution < -0.4 is 5.32 Å². The van der Waals surface area contributed by atoms with E-state index in [1.54, 1.807) is 7.11 Å². The standard InChI is InChI=1S/C13H27NO/c1-13(2)8-7-12(11-13)14-9-5-4-6-10-15-3/h12,14H,4-11H2,1-3H3. The summed E-state index contributed by atoms with van der Waals surface area (Å²) >= 11 is 0. The average Bonchev–Trinajstić information content (AvgIpc) is 2.52. The van der Waals surface area contributed by atoms with Crippen LogP contribution in [0, 0.1) is 5.41 Å². The monoisotopic (exact) mass is 213 g/mol. The minimum absolute atomic E-state index is 0.577. The van der Waals surface area contributed by atoms with E-state index in [-0.39, 0.29) is 0 Å². The van der Waals surface area contributed by atoms with Crippen LogP contribution in [0.4, 0.5) is 0 Å². The van der Waals surface area contributed by atoms with Gasteiger partial charge in [0.15, 0.2) is 0 Å². The highest BCUT2D eigenvalue weighted by Gasteiger charge is 2.30. The van der Waals surface area contributed by atoms with E-state index in [1.807, 2.05) is 0 Å². The zero-order chi connectivity index (χ0) is 11.1. The summed E-state index contributed by atoms with van der Waals surface area (Å²) in [6.07, 6.45) is 7.88. The Kier molecular flexibility index (Phi) is 5.62. The van der Waals surface area contributed by atoms with Crippen LogP contribution in [0.2, 0.25) is 0 Å². The van der Waals surface area contributed by atoms with Gasteiger partial charge < -0.3 is 10.1 Å². The largest absolute Gasteiger partial charge is 0.385 e. The molecule has 1 saturated carbocycles. The van der Waals surface area contributed by atoms with Crippen LogP contribution >= 0.6 is 0 Å². The number of hydrogen-bond acceptors (Lipinski definition) is 2. The molecule has 1 aliphatic carbocycles. The molecule has 1 atom stereocenters. The lowest BCUT2D eigenvalue weighted by molar-refractivity contribution is 0.192. The number of unbranched alkanes of at least 4 members (excludes halogenated alkanes) is 2. The highest BCUT2D eigenvalue weighted by atomic mass is 16.5. The fourth-order valence-electron chi connectivity index (χ4n) is 2.46. The molecule has 0 aliphatic heterocycles. The Hall–Kier alpha value is -0.0800. The molecule has 1 N–H and O–H groups in total. The molecular weight excluding hydrogens is 186 g/mol. The Labute approximate surface area is 94.8 Å². The Morgan fingerprint density at radius 3 is 2.67 bits per heavy atom. The minimum Gasteiger partial charge on any atom is -0.385 e. The van der Waals surface area contributed by atoms with Crippen molar-refractivity contribution in [3.8, 4) is 0 Å². The maximum atomic E-state index is 5.03. The molecule has 0 aromatic rings. The highest BCUT2D eigenvalue weighted by Crippen LogP contribution is 2.36. The third kappa shape index (κ3) is 5.53. The third-order valence-electron chi connectivity index (χ3n) is 3.43. The average molecular weight is 213 g/mol. The van der Waals surface area contributed by atoms with Crippen LogP contribution in [0.1, 0.15) is 52.4 Å². The van der Waals surface area contributed by atoms with E-state index in [4.69, 9.17) is 4.74 Å². The SMILES string of the molecule is COCCCCCNC1CCC(C)(C)C1. The maximum absolute atomic E-state index is 5.03. The molecule has 1 rings (SSSR count). The van der Waals surface area contributed by atoms with Crippen molar-refractivity contribution in [2.24, 2.45) is 5.41 Å². The normalized spacial score (nSPS) is 24.6. The van der Waals surface area contributed by atoms with Gasteiger partial charge in [-0.1, -0.05) is 13.8 Å². The van der Waals surface area contributed by atoms with Gasteiger partial charge in [-0.25, -0.2) is 0 Å². The van der Waals surface area contributed by atoms with Gasteiger partial charge in [0.2, 0.25) is 0 Å². The Morgan fingerprint density at radius 1 is 1.27 bits per heavy atom. The lowest BCUT2D eigenvalue weighted by Crippen LogP contribution is -2.28. The van der Waals surface area contributed by atoms with E-state index < -0.39 is 0 Å². The molecule has 0 radical (unpaired) electrons. The van der Waals surface area contributed by atoms with Crippen molar-refractivity contribution < 1.29 is 4.74 Å². The predicted molar refractivity (Wildman–Crippen MR) is 65.1 cm³/mol. The molecule has 1 unspecified atom stereocenters. The Balaban J connectivity index is 1.93. The minimum atomic E-state index is 0.577. The van der Waals surface area contributed by atoms with E-state index in [0.717, 1.165) is 12.6 Å². The van der Waals surface area contributed by atoms with Gasteiger partial charge >= 0.3 is 0 Å². The summed E-state index contributed by atoms with van der Waals surface area (Å²) in [6, 6.07) is 0.780. The van der Waals surface area contributed by atoms with Crippen LogP contribution in [-0.4, -0.2) is 26.3 Å². The van der Waals surface area contributed by atoms with Crippen molar-refractivity contribution in [1.29, 1.82) is 0 Å². The maximum Gasteiger partial charge on any atom is 0.0462 e. The second kappa shape index (κ2) is 6.49. The second-order valence-corrected chi connectivity index (χ2v) is 5.61. The summed E-state index contributed by atoms with van der Waals surface area (Å²) in [5, 5.41) is 3.67. The molecule has 0 heterocycles. The topological polar surface area (TPSA) is 21.3 Å². The van der Waals surface area contributed by atoms with E-state index in [2.05, 4.69) is 19.2 Å². The summed E-state index contributed by atoms with van der Waals surface area (Å²) in [4.78, 5) is 0. The molecular formula is C13H27NO. The van der Waals surface area contributed by atoms with Gasteiger partial charge in [0.05, 0.1) is 0 Å². The number of rotatable bonds is 7. The van der Waals surface area contributed by atoms with Gasteiger partial charge in [0, 0.05) is 19.8 Å². The van der Waals surface area contributed by atoms with Gasteiger partial charge in [-0.3, -0.25) is 0 Å². The molecule has 0 spiro atoms. The Bertz CT molecular complexity index is 168. The summed E-state index contributed by atoms with van der Waals surface area (Å²) in [5.74, 6) is 0. The molecule has 2 nitrogen and oxygen atoms in total. The smallest absolute Gasteiger partial charge is 0.0462 e. The zero-order valence-electron chi connectivity index (χ0n) is 10.6. The van der Waals surface area contributed by atoms with Crippen LogP contribution in [0.25, 0.3) is 0 Å². The molecule has 2 heteroatoms. The van der Waals surface area contributed by atoms with Gasteiger partial charge in [0.25, 0.3) is 0 Å². The lowest BCUT2D eigenvalue weighted by Gasteiger charge is -2.17. The Morgan fingerprint density at radius 2 is 2.07 bits per heavy atom. The molecule has 1 aliphatic rings. The van der Waals surface area contributed by atoms with Gasteiger partial charge in [-0.15, -0.1) is 0 Å². The van der Waals surface area contributed by atoms with Crippen molar-refractivity contribution in [2.75, 3.05) is 20.3 Å². The fraction of sp³-hybridized carbons (Fsp3) is 1.00. The second-order valence-electron chi connectivity index (χ2n) is 5.61. The summed E-state index contributed by atoms with van der Waals surface area (Å²) in [5.41, 5.74) is 0.577. The predicted octanol–water partition coefficient (Wildman–Crippen LogP) is 2.97. The third-order valence-corrected chi connectivity index (χ3v) is 3.43. The molecule has 15 heavy (non-hydrogen) atoms. The fourth-order valence-corrected chi connectivity index (χ4v) is 2.46. The van der Waals surface area contributed by atoms with Crippen LogP contribution in [0.5, 0.6) is 0 Å². The zero-order valence-corrected chi connectivity index (χ0v) is 10.6. The van der Waals surface area contributed by atoms with Crippen molar-refractivity contribution in [3.63, 3.8) is 0 Å². The first-order chi connectivity index (χ1) is 7.14. The number of hydrogen-bond donors (Lipinski definition) is 1. The van der Waals surface area contributed by atoms with Crippen molar-refractivity contribution in [2.45, 2.75) is 58.4 Å². The van der Waals surface area contributed by atoms with Gasteiger partial charge in [0.1, 0.15) is 0 Å². The molecule has 0 aromatic carbocycles. The van der Waals surface area contributed by atoms with E-state index in [0.29, 0.717) is 5.41 Å². The molecule has 0 bridgehead atoms. The lowest BCUT2D eigenvalue weighted by atomic mass is 9.92. The van der Waals surface area contributed by atoms with Crippen molar-refractivity contribution in [3.05, 3.63) is 0 Å². The summed E-state index contributed by atoms with van der Waals surface area (Å²) in [7, 11) is 1.78. The first-order valence-electron chi connectivity index (χ1n) is 6.36. The molecule has 0 saturated heterocycles. The van der Waals surface area contributed by atoms with Gasteiger partial charge in [-0.05, 0) is 50.5 Å². The van der Waals surface area contributed by atoms with Crippen molar-refractivity contribution >= 4 is 0 Å². The first kappa shape index (κ1) is 13.0.